The first-order valence-electron chi connectivity index (χ1n) is 10.3. The standard InChI is InChI=1S/C25H21FN2O5/c26-18-6-8-20-16(11-18)10-17-12-19(7-9-21(17)20)27-23(29)13-22(24(30)31)28-25(32)33-14-15-4-2-1-3-5-15/h1-9,11-12,22H,10,13-14H2,(H,27,29)(H,28,32)(H,30,31). The average molecular weight is 448 g/mol. The summed E-state index contributed by atoms with van der Waals surface area (Å²) in [6, 6.07) is 17.4. The Morgan fingerprint density at radius 1 is 0.970 bits per heavy atom. The number of halogens is 1. The van der Waals surface area contributed by atoms with Crippen molar-refractivity contribution in [2.45, 2.75) is 25.5 Å². The number of rotatable bonds is 7. The third kappa shape index (κ3) is 5.35. The van der Waals surface area contributed by atoms with Crippen LogP contribution in [0.1, 0.15) is 23.1 Å². The lowest BCUT2D eigenvalue weighted by molar-refractivity contribution is -0.140. The lowest BCUT2D eigenvalue weighted by Crippen LogP contribution is -2.43. The Labute approximate surface area is 189 Å². The van der Waals surface area contributed by atoms with E-state index >= 15 is 0 Å². The summed E-state index contributed by atoms with van der Waals surface area (Å²) in [6.45, 7) is -0.0212. The van der Waals surface area contributed by atoms with E-state index in [-0.39, 0.29) is 12.4 Å². The first-order valence-corrected chi connectivity index (χ1v) is 10.3. The molecule has 1 aliphatic carbocycles. The molecule has 8 heteroatoms. The van der Waals surface area contributed by atoms with Crippen molar-refractivity contribution in [3.63, 3.8) is 0 Å². The maximum absolute atomic E-state index is 13.5. The zero-order valence-electron chi connectivity index (χ0n) is 17.5. The molecule has 0 saturated carbocycles. The topological polar surface area (TPSA) is 105 Å². The fraction of sp³-hybridized carbons (Fsp3) is 0.160. The van der Waals surface area contributed by atoms with Gasteiger partial charge in [0.15, 0.2) is 0 Å². The number of fused-ring (bicyclic) bond motifs is 3. The highest BCUT2D eigenvalue weighted by molar-refractivity contribution is 5.95. The molecule has 0 heterocycles. The maximum atomic E-state index is 13.5. The van der Waals surface area contributed by atoms with E-state index in [1.807, 2.05) is 12.1 Å². The fourth-order valence-corrected chi connectivity index (χ4v) is 3.76. The minimum absolute atomic E-state index is 0.0212. The lowest BCUT2D eigenvalue weighted by Gasteiger charge is -2.15. The molecule has 0 spiro atoms. The van der Waals surface area contributed by atoms with Crippen molar-refractivity contribution in [1.29, 1.82) is 0 Å². The SMILES string of the molecule is O=C(CC(NC(=O)OCc1ccccc1)C(=O)O)Nc1ccc2c(c1)Cc1cc(F)ccc1-2. The molecule has 0 saturated heterocycles. The van der Waals surface area contributed by atoms with Gasteiger partial charge in [-0.1, -0.05) is 42.5 Å². The summed E-state index contributed by atoms with van der Waals surface area (Å²) in [5.74, 6) is -2.23. The van der Waals surface area contributed by atoms with Crippen LogP contribution in [0.5, 0.6) is 0 Å². The molecule has 3 N–H and O–H groups in total. The van der Waals surface area contributed by atoms with Gasteiger partial charge in [-0.05, 0) is 58.5 Å². The van der Waals surface area contributed by atoms with Gasteiger partial charge in [0.25, 0.3) is 0 Å². The Kier molecular flexibility index (Phi) is 6.35. The van der Waals surface area contributed by atoms with Crippen LogP contribution in [0.4, 0.5) is 14.9 Å². The Hall–Kier alpha value is -4.20. The van der Waals surface area contributed by atoms with Gasteiger partial charge in [0.05, 0.1) is 6.42 Å². The van der Waals surface area contributed by atoms with E-state index in [4.69, 9.17) is 4.74 Å². The maximum Gasteiger partial charge on any atom is 0.408 e. The number of carboxylic acid groups (broad SMARTS) is 1. The molecule has 0 fully saturated rings. The van der Waals surface area contributed by atoms with Crippen molar-refractivity contribution in [1.82, 2.24) is 5.32 Å². The van der Waals surface area contributed by atoms with E-state index in [0.29, 0.717) is 12.1 Å². The van der Waals surface area contributed by atoms with Gasteiger partial charge in [0, 0.05) is 5.69 Å². The van der Waals surface area contributed by atoms with E-state index in [9.17, 15) is 23.9 Å². The molecule has 168 valence electrons. The molecule has 0 aliphatic heterocycles. The number of carbonyl (C=O) groups excluding carboxylic acids is 2. The highest BCUT2D eigenvalue weighted by atomic mass is 19.1. The first kappa shape index (κ1) is 22.0. The number of hydrogen-bond acceptors (Lipinski definition) is 4. The normalized spacial score (nSPS) is 12.3. The van der Waals surface area contributed by atoms with E-state index in [2.05, 4.69) is 10.6 Å². The molecule has 4 rings (SSSR count). The summed E-state index contributed by atoms with van der Waals surface area (Å²) in [5.41, 5.74) is 4.97. The smallest absolute Gasteiger partial charge is 0.408 e. The van der Waals surface area contributed by atoms with Crippen LogP contribution in [0.15, 0.2) is 66.7 Å². The van der Waals surface area contributed by atoms with Crippen LogP contribution in [0.3, 0.4) is 0 Å². The van der Waals surface area contributed by atoms with Crippen LogP contribution < -0.4 is 10.6 Å². The van der Waals surface area contributed by atoms with Gasteiger partial charge in [0.1, 0.15) is 18.5 Å². The van der Waals surface area contributed by atoms with Gasteiger partial charge in [0.2, 0.25) is 5.91 Å². The highest BCUT2D eigenvalue weighted by Crippen LogP contribution is 2.38. The molecular weight excluding hydrogens is 427 g/mol. The van der Waals surface area contributed by atoms with E-state index in [1.165, 1.54) is 12.1 Å². The molecule has 7 nitrogen and oxygen atoms in total. The van der Waals surface area contributed by atoms with Crippen LogP contribution in [0.2, 0.25) is 0 Å². The zero-order chi connectivity index (χ0) is 23.4. The minimum atomic E-state index is -1.45. The Bertz CT molecular complexity index is 1210. The van der Waals surface area contributed by atoms with Gasteiger partial charge in [-0.25, -0.2) is 14.0 Å². The second-order valence-electron chi connectivity index (χ2n) is 7.70. The number of ether oxygens (including phenoxy) is 1. The average Bonchev–Trinajstić information content (AvgIpc) is 3.14. The molecule has 3 aromatic rings. The number of hydrogen-bond donors (Lipinski definition) is 3. The van der Waals surface area contributed by atoms with Crippen molar-refractivity contribution < 1.29 is 28.6 Å². The van der Waals surface area contributed by atoms with Crippen LogP contribution >= 0.6 is 0 Å². The quantitative estimate of drug-likeness (QED) is 0.395. The third-order valence-corrected chi connectivity index (χ3v) is 5.32. The summed E-state index contributed by atoms with van der Waals surface area (Å²) in [7, 11) is 0. The molecule has 0 aromatic heterocycles. The Morgan fingerprint density at radius 2 is 1.67 bits per heavy atom. The summed E-state index contributed by atoms with van der Waals surface area (Å²) in [6.07, 6.45) is -0.863. The zero-order valence-corrected chi connectivity index (χ0v) is 17.5. The molecule has 3 aromatic carbocycles. The second kappa shape index (κ2) is 9.52. The molecule has 2 amide bonds. The molecule has 1 atom stereocenters. The molecule has 0 radical (unpaired) electrons. The Morgan fingerprint density at radius 3 is 2.39 bits per heavy atom. The molecule has 0 bridgehead atoms. The molecule has 1 aliphatic rings. The minimum Gasteiger partial charge on any atom is -0.480 e. The number of anilines is 1. The van der Waals surface area contributed by atoms with Crippen molar-refractivity contribution in [3.8, 4) is 11.1 Å². The largest absolute Gasteiger partial charge is 0.480 e. The summed E-state index contributed by atoms with van der Waals surface area (Å²) in [5, 5.41) is 14.3. The van der Waals surface area contributed by atoms with Gasteiger partial charge >= 0.3 is 12.1 Å². The predicted molar refractivity (Wildman–Crippen MR) is 119 cm³/mol. The summed E-state index contributed by atoms with van der Waals surface area (Å²) >= 11 is 0. The third-order valence-electron chi connectivity index (χ3n) is 5.32. The van der Waals surface area contributed by atoms with Crippen molar-refractivity contribution >= 4 is 23.7 Å². The number of nitrogens with one attached hydrogen (secondary N) is 2. The van der Waals surface area contributed by atoms with Crippen molar-refractivity contribution in [2.24, 2.45) is 0 Å². The van der Waals surface area contributed by atoms with Gasteiger partial charge in [-0.3, -0.25) is 4.79 Å². The lowest BCUT2D eigenvalue weighted by atomic mass is 10.1. The fourth-order valence-electron chi connectivity index (χ4n) is 3.76. The van der Waals surface area contributed by atoms with Crippen molar-refractivity contribution in [3.05, 3.63) is 89.2 Å². The number of benzene rings is 3. The van der Waals surface area contributed by atoms with Gasteiger partial charge in [-0.15, -0.1) is 0 Å². The van der Waals surface area contributed by atoms with Gasteiger partial charge < -0.3 is 20.5 Å². The highest BCUT2D eigenvalue weighted by Gasteiger charge is 2.25. The number of carboxylic acids is 1. The first-order chi connectivity index (χ1) is 15.9. The van der Waals surface area contributed by atoms with Crippen LogP contribution in [0, 0.1) is 5.82 Å². The van der Waals surface area contributed by atoms with E-state index < -0.39 is 30.4 Å². The van der Waals surface area contributed by atoms with E-state index in [0.717, 1.165) is 27.8 Å². The van der Waals surface area contributed by atoms with Crippen LogP contribution in [-0.2, 0) is 27.4 Å². The summed E-state index contributed by atoms with van der Waals surface area (Å²) < 4.78 is 18.5. The Balaban J connectivity index is 1.34. The van der Waals surface area contributed by atoms with Gasteiger partial charge in [-0.2, -0.15) is 0 Å². The number of carbonyl (C=O) groups is 3. The summed E-state index contributed by atoms with van der Waals surface area (Å²) in [4.78, 5) is 35.9. The monoisotopic (exact) mass is 448 g/mol. The molecule has 33 heavy (non-hydrogen) atoms. The van der Waals surface area contributed by atoms with Crippen molar-refractivity contribution in [2.75, 3.05) is 5.32 Å². The van der Waals surface area contributed by atoms with Crippen LogP contribution in [-0.4, -0.2) is 29.1 Å². The molecule has 1 unspecified atom stereocenters. The number of amides is 2. The second-order valence-corrected chi connectivity index (χ2v) is 7.70. The number of aliphatic carboxylic acids is 1. The van der Waals surface area contributed by atoms with Crippen LogP contribution in [0.25, 0.3) is 11.1 Å². The predicted octanol–water partition coefficient (Wildman–Crippen LogP) is 4.11. The van der Waals surface area contributed by atoms with E-state index in [1.54, 1.807) is 42.5 Å². The molecular formula is C25H21FN2O5. The number of alkyl carbamates (subject to hydrolysis) is 1.